The lowest BCUT2D eigenvalue weighted by molar-refractivity contribution is 0.0778. The van der Waals surface area contributed by atoms with E-state index in [9.17, 15) is 4.79 Å². The number of aromatic nitrogens is 2. The van der Waals surface area contributed by atoms with E-state index < -0.39 is 0 Å². The van der Waals surface area contributed by atoms with Gasteiger partial charge in [0.05, 0.1) is 5.69 Å². The second-order valence-corrected chi connectivity index (χ2v) is 4.52. The van der Waals surface area contributed by atoms with Gasteiger partial charge in [-0.15, -0.1) is 5.10 Å². The molecule has 1 aromatic rings. The molecule has 84 valence electrons. The van der Waals surface area contributed by atoms with E-state index in [1.807, 2.05) is 13.8 Å². The summed E-state index contributed by atoms with van der Waals surface area (Å²) in [6.45, 7) is 5.39. The fourth-order valence-corrected chi connectivity index (χ4v) is 2.40. The fourth-order valence-electron chi connectivity index (χ4n) is 1.25. The summed E-state index contributed by atoms with van der Waals surface area (Å²) < 4.78 is 3.82. The Balaban J connectivity index is 2.82. The molecule has 1 amide bonds. The predicted molar refractivity (Wildman–Crippen MR) is 64.7 cm³/mol. The SMILES string of the molecule is CCc1nnsc1C(=O)N(CC)CCBr. The number of aryl methyl sites for hydroxylation is 1. The van der Waals surface area contributed by atoms with Crippen LogP contribution in [0.15, 0.2) is 0 Å². The van der Waals surface area contributed by atoms with Crippen molar-refractivity contribution in [1.29, 1.82) is 0 Å². The van der Waals surface area contributed by atoms with Crippen LogP contribution in [0.25, 0.3) is 0 Å². The predicted octanol–water partition coefficient (Wildman–Crippen LogP) is 1.96. The molecule has 0 saturated carbocycles. The minimum absolute atomic E-state index is 0.0452. The van der Waals surface area contributed by atoms with Gasteiger partial charge in [-0.25, -0.2) is 0 Å². The topological polar surface area (TPSA) is 46.1 Å². The number of nitrogens with zero attached hydrogens (tertiary/aromatic N) is 3. The molecule has 6 heteroatoms. The number of hydrogen-bond donors (Lipinski definition) is 0. The van der Waals surface area contributed by atoms with Gasteiger partial charge in [0.15, 0.2) is 0 Å². The van der Waals surface area contributed by atoms with Crippen molar-refractivity contribution >= 4 is 33.4 Å². The van der Waals surface area contributed by atoms with Gasteiger partial charge in [0.2, 0.25) is 0 Å². The number of hydrogen-bond acceptors (Lipinski definition) is 4. The third kappa shape index (κ3) is 2.98. The van der Waals surface area contributed by atoms with Crippen LogP contribution >= 0.6 is 27.5 Å². The Kier molecular flexibility index (Phi) is 5.17. The van der Waals surface area contributed by atoms with Crippen LogP contribution in [0, 0.1) is 0 Å². The first-order valence-electron chi connectivity index (χ1n) is 4.91. The normalized spacial score (nSPS) is 10.3. The van der Waals surface area contributed by atoms with Gasteiger partial charge in [0.1, 0.15) is 4.88 Å². The van der Waals surface area contributed by atoms with Crippen molar-refractivity contribution in [2.24, 2.45) is 0 Å². The molecule has 0 bridgehead atoms. The first-order valence-corrected chi connectivity index (χ1v) is 6.80. The van der Waals surface area contributed by atoms with Crippen LogP contribution in [-0.2, 0) is 6.42 Å². The van der Waals surface area contributed by atoms with Gasteiger partial charge < -0.3 is 4.90 Å². The zero-order chi connectivity index (χ0) is 11.3. The molecule has 0 fully saturated rings. The number of carbonyl (C=O) groups excluding carboxylic acids is 1. The van der Waals surface area contributed by atoms with Crippen molar-refractivity contribution in [1.82, 2.24) is 14.5 Å². The summed E-state index contributed by atoms with van der Waals surface area (Å²) in [5, 5.41) is 4.73. The van der Waals surface area contributed by atoms with Gasteiger partial charge in [-0.05, 0) is 24.9 Å². The van der Waals surface area contributed by atoms with E-state index in [0.29, 0.717) is 11.4 Å². The van der Waals surface area contributed by atoms with E-state index in [4.69, 9.17) is 0 Å². The van der Waals surface area contributed by atoms with Gasteiger partial charge in [-0.1, -0.05) is 27.3 Å². The molecule has 0 radical (unpaired) electrons. The molecule has 4 nitrogen and oxygen atoms in total. The smallest absolute Gasteiger partial charge is 0.267 e. The molecule has 0 N–H and O–H groups in total. The van der Waals surface area contributed by atoms with E-state index in [2.05, 4.69) is 25.5 Å². The first-order chi connectivity index (χ1) is 7.24. The summed E-state index contributed by atoms with van der Waals surface area (Å²) in [4.78, 5) is 14.5. The highest BCUT2D eigenvalue weighted by molar-refractivity contribution is 9.09. The van der Waals surface area contributed by atoms with Crippen LogP contribution in [0.3, 0.4) is 0 Å². The Labute approximate surface area is 102 Å². The zero-order valence-electron chi connectivity index (χ0n) is 8.86. The maximum atomic E-state index is 12.0. The molecule has 0 aliphatic rings. The molecule has 0 aromatic carbocycles. The zero-order valence-corrected chi connectivity index (χ0v) is 11.3. The quantitative estimate of drug-likeness (QED) is 0.779. The average Bonchev–Trinajstić information content (AvgIpc) is 2.72. The molecule has 1 heterocycles. The van der Waals surface area contributed by atoms with Crippen molar-refractivity contribution in [3.05, 3.63) is 10.6 Å². The Morgan fingerprint density at radius 2 is 2.27 bits per heavy atom. The highest BCUT2D eigenvalue weighted by atomic mass is 79.9. The number of amides is 1. The molecule has 0 spiro atoms. The minimum atomic E-state index is 0.0452. The lowest BCUT2D eigenvalue weighted by atomic mass is 10.2. The van der Waals surface area contributed by atoms with Crippen LogP contribution in [0.5, 0.6) is 0 Å². The van der Waals surface area contributed by atoms with Crippen LogP contribution in [0.4, 0.5) is 0 Å². The van der Waals surface area contributed by atoms with Crippen molar-refractivity contribution < 1.29 is 4.79 Å². The van der Waals surface area contributed by atoms with Crippen LogP contribution in [0.2, 0.25) is 0 Å². The molecule has 0 unspecified atom stereocenters. The largest absolute Gasteiger partial charge is 0.337 e. The number of alkyl halides is 1. The van der Waals surface area contributed by atoms with Crippen LogP contribution in [0.1, 0.15) is 29.2 Å². The molecule has 15 heavy (non-hydrogen) atoms. The maximum absolute atomic E-state index is 12.0. The third-order valence-electron chi connectivity index (χ3n) is 2.11. The summed E-state index contributed by atoms with van der Waals surface area (Å²) in [7, 11) is 0. The lowest BCUT2D eigenvalue weighted by Gasteiger charge is -2.18. The number of carbonyl (C=O) groups is 1. The van der Waals surface area contributed by atoms with Gasteiger partial charge in [0, 0.05) is 18.4 Å². The summed E-state index contributed by atoms with van der Waals surface area (Å²) in [5.74, 6) is 0.0452. The Bertz CT molecular complexity index is 329. The summed E-state index contributed by atoms with van der Waals surface area (Å²) in [5.41, 5.74) is 0.804. The second kappa shape index (κ2) is 6.17. The lowest BCUT2D eigenvalue weighted by Crippen LogP contribution is -2.32. The summed E-state index contributed by atoms with van der Waals surface area (Å²) in [6.07, 6.45) is 0.753. The van der Waals surface area contributed by atoms with Crippen molar-refractivity contribution in [3.8, 4) is 0 Å². The van der Waals surface area contributed by atoms with Gasteiger partial charge in [0.25, 0.3) is 5.91 Å². The monoisotopic (exact) mass is 291 g/mol. The van der Waals surface area contributed by atoms with E-state index in [-0.39, 0.29) is 5.91 Å². The Morgan fingerprint density at radius 3 is 2.80 bits per heavy atom. The molecular formula is C9H14BrN3OS. The van der Waals surface area contributed by atoms with Crippen LogP contribution < -0.4 is 0 Å². The standard InChI is InChI=1S/C9H14BrN3OS/c1-3-7-8(15-12-11-7)9(14)13(4-2)6-5-10/h3-6H2,1-2H3. The van der Waals surface area contributed by atoms with Crippen molar-refractivity contribution in [2.75, 3.05) is 18.4 Å². The van der Waals surface area contributed by atoms with Gasteiger partial charge >= 0.3 is 0 Å². The number of rotatable bonds is 5. The van der Waals surface area contributed by atoms with Crippen molar-refractivity contribution in [2.45, 2.75) is 20.3 Å². The second-order valence-electron chi connectivity index (χ2n) is 2.98. The Morgan fingerprint density at radius 1 is 1.53 bits per heavy atom. The van der Waals surface area contributed by atoms with Gasteiger partial charge in [-0.2, -0.15) is 0 Å². The highest BCUT2D eigenvalue weighted by Gasteiger charge is 2.19. The first kappa shape index (κ1) is 12.6. The average molecular weight is 292 g/mol. The molecule has 1 aromatic heterocycles. The molecular weight excluding hydrogens is 278 g/mol. The summed E-state index contributed by atoms with van der Waals surface area (Å²) in [6, 6.07) is 0. The van der Waals surface area contributed by atoms with E-state index in [1.165, 1.54) is 11.5 Å². The fraction of sp³-hybridized carbons (Fsp3) is 0.667. The molecule has 1 rings (SSSR count). The molecule has 0 aliphatic carbocycles. The molecule has 0 aliphatic heterocycles. The van der Waals surface area contributed by atoms with Crippen molar-refractivity contribution in [3.63, 3.8) is 0 Å². The van der Waals surface area contributed by atoms with E-state index >= 15 is 0 Å². The van der Waals surface area contributed by atoms with Crippen LogP contribution in [-0.4, -0.2) is 38.8 Å². The number of halogens is 1. The van der Waals surface area contributed by atoms with E-state index in [0.717, 1.165) is 24.0 Å². The summed E-state index contributed by atoms with van der Waals surface area (Å²) >= 11 is 4.52. The maximum Gasteiger partial charge on any atom is 0.267 e. The molecule has 0 saturated heterocycles. The van der Waals surface area contributed by atoms with Gasteiger partial charge in [-0.3, -0.25) is 4.79 Å². The highest BCUT2D eigenvalue weighted by Crippen LogP contribution is 2.14. The Hall–Kier alpha value is -0.490. The minimum Gasteiger partial charge on any atom is -0.337 e. The third-order valence-corrected chi connectivity index (χ3v) is 3.22. The van der Waals surface area contributed by atoms with E-state index in [1.54, 1.807) is 4.90 Å². The molecule has 0 atom stereocenters.